The lowest BCUT2D eigenvalue weighted by atomic mass is 10.1. The van der Waals surface area contributed by atoms with Crippen molar-refractivity contribution in [2.24, 2.45) is 10.9 Å². The molecule has 0 unspecified atom stereocenters. The van der Waals surface area contributed by atoms with Crippen molar-refractivity contribution in [3.8, 4) is 5.75 Å². The SMILES string of the molecule is COc1cc(/C(N)=N/O)ccc1NC(=O)Cc1ccsc1. The summed E-state index contributed by atoms with van der Waals surface area (Å²) in [6.07, 6.45) is 0.300. The highest BCUT2D eigenvalue weighted by Crippen LogP contribution is 2.25. The number of nitrogens with two attached hydrogens (primary N) is 1. The van der Waals surface area contributed by atoms with Gasteiger partial charge in [-0.15, -0.1) is 0 Å². The minimum absolute atomic E-state index is 0.0237. The van der Waals surface area contributed by atoms with Crippen molar-refractivity contribution in [3.63, 3.8) is 0 Å². The van der Waals surface area contributed by atoms with Crippen LogP contribution in [-0.2, 0) is 11.2 Å². The van der Waals surface area contributed by atoms with Crippen molar-refractivity contribution in [1.82, 2.24) is 0 Å². The van der Waals surface area contributed by atoms with Gasteiger partial charge in [0, 0.05) is 5.56 Å². The van der Waals surface area contributed by atoms with Crippen molar-refractivity contribution in [2.45, 2.75) is 6.42 Å². The van der Waals surface area contributed by atoms with Crippen LogP contribution in [0.1, 0.15) is 11.1 Å². The average Bonchev–Trinajstić information content (AvgIpc) is 2.99. The molecule has 1 amide bonds. The van der Waals surface area contributed by atoms with Gasteiger partial charge in [0.1, 0.15) is 5.75 Å². The molecule has 0 aliphatic carbocycles. The number of rotatable bonds is 5. The summed E-state index contributed by atoms with van der Waals surface area (Å²) in [6.45, 7) is 0. The van der Waals surface area contributed by atoms with Gasteiger partial charge < -0.3 is 21.0 Å². The Hall–Kier alpha value is -2.54. The molecule has 0 spiro atoms. The van der Waals surface area contributed by atoms with E-state index in [9.17, 15) is 4.79 Å². The molecule has 0 bridgehead atoms. The lowest BCUT2D eigenvalue weighted by Gasteiger charge is -2.11. The van der Waals surface area contributed by atoms with Gasteiger partial charge >= 0.3 is 0 Å². The molecule has 0 saturated carbocycles. The number of nitrogens with one attached hydrogen (secondary N) is 1. The molecule has 2 rings (SSSR count). The predicted molar refractivity (Wildman–Crippen MR) is 82.2 cm³/mol. The maximum Gasteiger partial charge on any atom is 0.228 e. The molecule has 0 radical (unpaired) electrons. The predicted octanol–water partition coefficient (Wildman–Crippen LogP) is 2.03. The summed E-state index contributed by atoms with van der Waals surface area (Å²) < 4.78 is 5.21. The first-order chi connectivity index (χ1) is 10.1. The smallest absolute Gasteiger partial charge is 0.228 e. The van der Waals surface area contributed by atoms with Crippen LogP contribution < -0.4 is 15.8 Å². The summed E-state index contributed by atoms with van der Waals surface area (Å²) in [5.41, 5.74) is 7.52. The molecule has 6 nitrogen and oxygen atoms in total. The van der Waals surface area contributed by atoms with Crippen molar-refractivity contribution >= 4 is 28.8 Å². The second kappa shape index (κ2) is 6.76. The Morgan fingerprint density at radius 2 is 2.29 bits per heavy atom. The number of hydrogen-bond donors (Lipinski definition) is 3. The van der Waals surface area contributed by atoms with Crippen molar-refractivity contribution in [1.29, 1.82) is 0 Å². The average molecular weight is 305 g/mol. The van der Waals surface area contributed by atoms with Crippen LogP contribution in [0.25, 0.3) is 0 Å². The monoisotopic (exact) mass is 305 g/mol. The van der Waals surface area contributed by atoms with Crippen LogP contribution in [0.4, 0.5) is 5.69 Å². The fourth-order valence-corrected chi connectivity index (χ4v) is 2.45. The van der Waals surface area contributed by atoms with E-state index in [1.807, 2.05) is 16.8 Å². The molecule has 7 heteroatoms. The van der Waals surface area contributed by atoms with Crippen LogP contribution >= 0.6 is 11.3 Å². The molecule has 0 aliphatic rings. The van der Waals surface area contributed by atoms with E-state index in [4.69, 9.17) is 15.7 Å². The van der Waals surface area contributed by atoms with E-state index in [-0.39, 0.29) is 11.7 Å². The van der Waals surface area contributed by atoms with Gasteiger partial charge in [0.05, 0.1) is 19.2 Å². The van der Waals surface area contributed by atoms with Crippen LogP contribution in [0, 0.1) is 0 Å². The second-order valence-corrected chi connectivity index (χ2v) is 5.04. The standard InChI is InChI=1S/C14H15N3O3S/c1-20-12-7-10(14(15)17-19)2-3-11(12)16-13(18)6-9-4-5-21-8-9/h2-5,7-8,19H,6H2,1H3,(H2,15,17)(H,16,18). The minimum atomic E-state index is -0.136. The highest BCUT2D eigenvalue weighted by molar-refractivity contribution is 7.08. The summed E-state index contributed by atoms with van der Waals surface area (Å²) in [5.74, 6) is 0.283. The number of nitrogens with zero attached hydrogens (tertiary/aromatic N) is 1. The number of benzene rings is 1. The number of amidine groups is 1. The number of methoxy groups -OCH3 is 1. The second-order valence-electron chi connectivity index (χ2n) is 4.26. The van der Waals surface area contributed by atoms with Gasteiger partial charge in [-0.2, -0.15) is 11.3 Å². The zero-order valence-corrected chi connectivity index (χ0v) is 12.2. The Labute approximate surface area is 125 Å². The molecule has 1 aromatic heterocycles. The number of carbonyl (C=O) groups excluding carboxylic acids is 1. The molecule has 21 heavy (non-hydrogen) atoms. The maximum absolute atomic E-state index is 12.0. The summed E-state index contributed by atoms with van der Waals surface area (Å²) in [4.78, 5) is 12.0. The Morgan fingerprint density at radius 1 is 1.48 bits per heavy atom. The van der Waals surface area contributed by atoms with Gasteiger partial charge in [0.15, 0.2) is 5.84 Å². The lowest BCUT2D eigenvalue weighted by molar-refractivity contribution is -0.115. The number of amides is 1. The Morgan fingerprint density at radius 3 is 2.90 bits per heavy atom. The molecule has 0 saturated heterocycles. The van der Waals surface area contributed by atoms with E-state index in [1.165, 1.54) is 7.11 Å². The number of anilines is 1. The van der Waals surface area contributed by atoms with Gasteiger partial charge in [-0.3, -0.25) is 4.79 Å². The number of ether oxygens (including phenoxy) is 1. The molecule has 110 valence electrons. The van der Waals surface area contributed by atoms with E-state index in [1.54, 1.807) is 29.5 Å². The van der Waals surface area contributed by atoms with Crippen LogP contribution in [0.5, 0.6) is 5.75 Å². The highest BCUT2D eigenvalue weighted by atomic mass is 32.1. The molecule has 0 fully saturated rings. The molecular weight excluding hydrogens is 290 g/mol. The third kappa shape index (κ3) is 3.73. The summed E-state index contributed by atoms with van der Waals surface area (Å²) in [5, 5.41) is 18.2. The van der Waals surface area contributed by atoms with Gasteiger partial charge in [0.2, 0.25) is 5.91 Å². The summed E-state index contributed by atoms with van der Waals surface area (Å²) >= 11 is 1.55. The molecule has 1 heterocycles. The van der Waals surface area contributed by atoms with Crippen molar-refractivity contribution < 1.29 is 14.7 Å². The van der Waals surface area contributed by atoms with Crippen LogP contribution in [-0.4, -0.2) is 24.1 Å². The number of thiophene rings is 1. The molecule has 0 atom stereocenters. The Balaban J connectivity index is 2.14. The van der Waals surface area contributed by atoms with E-state index in [0.29, 0.717) is 23.4 Å². The fraction of sp³-hybridized carbons (Fsp3) is 0.143. The Kier molecular flexibility index (Phi) is 4.78. The van der Waals surface area contributed by atoms with Gasteiger partial charge in [-0.1, -0.05) is 5.16 Å². The lowest BCUT2D eigenvalue weighted by Crippen LogP contribution is -2.16. The first kappa shape index (κ1) is 14.9. The largest absolute Gasteiger partial charge is 0.495 e. The van der Waals surface area contributed by atoms with Crippen molar-refractivity contribution in [3.05, 3.63) is 46.2 Å². The summed E-state index contributed by atoms with van der Waals surface area (Å²) in [6, 6.07) is 6.79. The van der Waals surface area contributed by atoms with Gasteiger partial charge in [0.25, 0.3) is 0 Å². The highest BCUT2D eigenvalue weighted by Gasteiger charge is 2.11. The van der Waals surface area contributed by atoms with E-state index in [0.717, 1.165) is 5.56 Å². The van der Waals surface area contributed by atoms with Crippen LogP contribution in [0.15, 0.2) is 40.2 Å². The summed E-state index contributed by atoms with van der Waals surface area (Å²) in [7, 11) is 1.49. The van der Waals surface area contributed by atoms with E-state index < -0.39 is 0 Å². The zero-order valence-electron chi connectivity index (χ0n) is 11.4. The first-order valence-electron chi connectivity index (χ1n) is 6.11. The molecule has 1 aromatic carbocycles. The number of oxime groups is 1. The third-order valence-corrected chi connectivity index (χ3v) is 3.56. The molecule has 2 aromatic rings. The van der Waals surface area contributed by atoms with Gasteiger partial charge in [-0.05, 0) is 40.6 Å². The van der Waals surface area contributed by atoms with E-state index >= 15 is 0 Å². The fourth-order valence-electron chi connectivity index (χ4n) is 1.78. The zero-order chi connectivity index (χ0) is 15.2. The van der Waals surface area contributed by atoms with Gasteiger partial charge in [-0.25, -0.2) is 0 Å². The number of hydrogen-bond acceptors (Lipinski definition) is 5. The third-order valence-electron chi connectivity index (χ3n) is 2.82. The maximum atomic E-state index is 12.0. The van der Waals surface area contributed by atoms with Crippen LogP contribution in [0.2, 0.25) is 0 Å². The normalized spacial score (nSPS) is 11.2. The molecule has 0 aliphatic heterocycles. The quantitative estimate of drug-likeness (QED) is 0.341. The Bertz CT molecular complexity index is 653. The minimum Gasteiger partial charge on any atom is -0.495 e. The molecular formula is C14H15N3O3S. The number of carbonyl (C=O) groups is 1. The van der Waals surface area contributed by atoms with Crippen LogP contribution in [0.3, 0.4) is 0 Å². The topological polar surface area (TPSA) is 96.9 Å². The first-order valence-corrected chi connectivity index (χ1v) is 7.05. The molecule has 4 N–H and O–H groups in total. The van der Waals surface area contributed by atoms with E-state index in [2.05, 4.69) is 10.5 Å². The van der Waals surface area contributed by atoms with Crippen molar-refractivity contribution in [2.75, 3.05) is 12.4 Å².